The van der Waals surface area contributed by atoms with Gasteiger partial charge in [0.15, 0.2) is 5.65 Å². The van der Waals surface area contributed by atoms with Gasteiger partial charge < -0.3 is 5.32 Å². The van der Waals surface area contributed by atoms with Crippen molar-refractivity contribution in [1.29, 1.82) is 0 Å². The zero-order chi connectivity index (χ0) is 28.1. The number of aromatic nitrogens is 6. The zero-order valence-corrected chi connectivity index (χ0v) is 19.6. The molecular weight excluding hydrogens is 532 g/mol. The van der Waals surface area contributed by atoms with Gasteiger partial charge in [0.25, 0.3) is 11.5 Å². The Morgan fingerprint density at radius 3 is 2.18 bits per heavy atom. The normalized spacial score (nSPS) is 12.2. The Morgan fingerprint density at radius 2 is 1.56 bits per heavy atom. The monoisotopic (exact) mass is 547 g/mol. The Kier molecular flexibility index (Phi) is 6.00. The average molecular weight is 547 g/mol. The molecule has 0 fully saturated rings. The minimum absolute atomic E-state index is 0.0784. The molecule has 0 saturated heterocycles. The van der Waals surface area contributed by atoms with Gasteiger partial charge in [-0.1, -0.05) is 18.2 Å². The number of benzene rings is 2. The number of hydrogen-bond acceptors (Lipinski definition) is 5. The SMILES string of the molecule is Cc1cc(NC(=O)c2cc(C(F)(F)F)cc(C(F)(F)F)c2)n(-c2nc3c(cnn3-c3ccccc3)c(=O)[nH]2)n1. The van der Waals surface area contributed by atoms with E-state index in [4.69, 9.17) is 0 Å². The number of nitrogens with zero attached hydrogens (tertiary/aromatic N) is 5. The molecule has 15 heteroatoms. The summed E-state index contributed by atoms with van der Waals surface area (Å²) in [6, 6.07) is 10.6. The second-order valence-electron chi connectivity index (χ2n) is 8.35. The van der Waals surface area contributed by atoms with Gasteiger partial charge in [-0.25, -0.2) is 4.68 Å². The topological polar surface area (TPSA) is 110 Å². The summed E-state index contributed by atoms with van der Waals surface area (Å²) in [4.78, 5) is 32.5. The predicted octanol–water partition coefficient (Wildman–Crippen LogP) is 4.89. The molecular formula is C24H15F6N7O2. The highest BCUT2D eigenvalue weighted by Gasteiger charge is 2.37. The lowest BCUT2D eigenvalue weighted by atomic mass is 10.0. The number of halogens is 6. The van der Waals surface area contributed by atoms with Crippen molar-refractivity contribution in [2.24, 2.45) is 0 Å². The second kappa shape index (κ2) is 9.11. The molecule has 0 bridgehead atoms. The number of nitrogens with one attached hydrogen (secondary N) is 2. The van der Waals surface area contributed by atoms with Crippen LogP contribution in [0.4, 0.5) is 32.2 Å². The molecule has 39 heavy (non-hydrogen) atoms. The summed E-state index contributed by atoms with van der Waals surface area (Å²) in [7, 11) is 0. The van der Waals surface area contributed by atoms with Crippen LogP contribution >= 0.6 is 0 Å². The van der Waals surface area contributed by atoms with Gasteiger partial charge in [-0.05, 0) is 37.3 Å². The van der Waals surface area contributed by atoms with Crippen molar-refractivity contribution in [3.8, 4) is 11.6 Å². The van der Waals surface area contributed by atoms with E-state index >= 15 is 0 Å². The number of fused-ring (bicyclic) bond motifs is 1. The molecule has 0 aliphatic heterocycles. The fourth-order valence-corrected chi connectivity index (χ4v) is 3.79. The number of aromatic amines is 1. The van der Waals surface area contributed by atoms with Gasteiger partial charge in [0.05, 0.1) is 28.7 Å². The van der Waals surface area contributed by atoms with Crippen molar-refractivity contribution < 1.29 is 31.1 Å². The Morgan fingerprint density at radius 1 is 0.923 bits per heavy atom. The van der Waals surface area contributed by atoms with Gasteiger partial charge in [-0.3, -0.25) is 14.6 Å². The molecule has 3 heterocycles. The van der Waals surface area contributed by atoms with Crippen LogP contribution < -0.4 is 10.9 Å². The second-order valence-corrected chi connectivity index (χ2v) is 8.35. The highest BCUT2D eigenvalue weighted by atomic mass is 19.4. The van der Waals surface area contributed by atoms with Crippen LogP contribution in [-0.4, -0.2) is 35.4 Å². The van der Waals surface area contributed by atoms with Crippen molar-refractivity contribution in [3.05, 3.63) is 93.5 Å². The highest BCUT2D eigenvalue weighted by Crippen LogP contribution is 2.36. The number of rotatable bonds is 4. The molecule has 3 aromatic heterocycles. The summed E-state index contributed by atoms with van der Waals surface area (Å²) < 4.78 is 81.9. The van der Waals surface area contributed by atoms with Crippen LogP contribution in [0.15, 0.2) is 65.6 Å². The molecule has 1 amide bonds. The number of alkyl halides is 6. The van der Waals surface area contributed by atoms with E-state index in [2.05, 4.69) is 25.5 Å². The largest absolute Gasteiger partial charge is 0.416 e. The fraction of sp³-hybridized carbons (Fsp3) is 0.125. The van der Waals surface area contributed by atoms with Crippen LogP contribution in [-0.2, 0) is 12.4 Å². The average Bonchev–Trinajstić information content (AvgIpc) is 3.46. The van der Waals surface area contributed by atoms with E-state index in [1.165, 1.54) is 23.9 Å². The third-order valence-electron chi connectivity index (χ3n) is 5.55. The van der Waals surface area contributed by atoms with E-state index in [0.717, 1.165) is 4.68 Å². The van der Waals surface area contributed by atoms with Crippen LogP contribution in [0.3, 0.4) is 0 Å². The third kappa shape index (κ3) is 4.97. The number of hydrogen-bond donors (Lipinski definition) is 2. The zero-order valence-electron chi connectivity index (χ0n) is 19.6. The molecule has 0 aliphatic carbocycles. The Labute approximate surface area is 213 Å². The number of para-hydroxylation sites is 1. The van der Waals surface area contributed by atoms with Crippen molar-refractivity contribution in [3.63, 3.8) is 0 Å². The van der Waals surface area contributed by atoms with E-state index in [1.54, 1.807) is 30.3 Å². The first-order valence-corrected chi connectivity index (χ1v) is 11.0. The Bertz CT molecular complexity index is 1740. The lowest BCUT2D eigenvalue weighted by molar-refractivity contribution is -0.143. The summed E-state index contributed by atoms with van der Waals surface area (Å²) in [5.41, 5.74) is -3.75. The van der Waals surface area contributed by atoms with E-state index < -0.39 is 40.5 Å². The van der Waals surface area contributed by atoms with E-state index in [1.807, 2.05) is 0 Å². The summed E-state index contributed by atoms with van der Waals surface area (Å²) in [6.07, 6.45) is -8.95. The third-order valence-corrected chi connectivity index (χ3v) is 5.55. The predicted molar refractivity (Wildman–Crippen MR) is 126 cm³/mol. The highest BCUT2D eigenvalue weighted by molar-refractivity contribution is 6.04. The Balaban J connectivity index is 1.57. The van der Waals surface area contributed by atoms with Crippen molar-refractivity contribution >= 4 is 22.8 Å². The minimum atomic E-state index is -5.13. The van der Waals surface area contributed by atoms with Gasteiger partial charge in [-0.15, -0.1) is 0 Å². The first-order chi connectivity index (χ1) is 18.3. The minimum Gasteiger partial charge on any atom is -0.306 e. The van der Waals surface area contributed by atoms with Crippen LogP contribution in [0, 0.1) is 6.92 Å². The quantitative estimate of drug-likeness (QED) is 0.311. The van der Waals surface area contributed by atoms with Crippen LogP contribution in [0.2, 0.25) is 0 Å². The maximum Gasteiger partial charge on any atom is 0.416 e. The Hall–Kier alpha value is -4.95. The van der Waals surface area contributed by atoms with Gasteiger partial charge in [-0.2, -0.15) is 46.2 Å². The molecule has 0 aliphatic rings. The molecule has 2 N–H and O–H groups in total. The maximum atomic E-state index is 13.2. The molecule has 2 aromatic carbocycles. The van der Waals surface area contributed by atoms with Crippen LogP contribution in [0.5, 0.6) is 0 Å². The molecule has 5 aromatic rings. The van der Waals surface area contributed by atoms with Crippen molar-refractivity contribution in [1.82, 2.24) is 29.5 Å². The first kappa shape index (κ1) is 25.7. The summed E-state index contributed by atoms with van der Waals surface area (Å²) >= 11 is 0. The maximum absolute atomic E-state index is 13.2. The number of aryl methyl sites for hydroxylation is 1. The van der Waals surface area contributed by atoms with E-state index in [-0.39, 0.29) is 28.9 Å². The lowest BCUT2D eigenvalue weighted by Crippen LogP contribution is -2.20. The lowest BCUT2D eigenvalue weighted by Gasteiger charge is -2.14. The number of carbonyl (C=O) groups is 1. The molecule has 0 spiro atoms. The molecule has 200 valence electrons. The molecule has 0 atom stereocenters. The molecule has 0 radical (unpaired) electrons. The molecule has 0 unspecified atom stereocenters. The molecule has 9 nitrogen and oxygen atoms in total. The smallest absolute Gasteiger partial charge is 0.306 e. The standard InChI is InChI=1S/C24H15F6N7O2/c1-12-7-18(32-20(38)13-8-14(23(25,26)27)10-15(9-13)24(28,29)30)37(35-12)22-33-19-17(21(39)34-22)11-31-36(19)16-5-3-2-4-6-16/h2-11H,1H3,(H,32,38)(H,33,34,39). The van der Waals surface area contributed by atoms with Crippen LogP contribution in [0.25, 0.3) is 22.7 Å². The van der Waals surface area contributed by atoms with Crippen LogP contribution in [0.1, 0.15) is 27.2 Å². The number of amides is 1. The fourth-order valence-electron chi connectivity index (χ4n) is 3.79. The summed E-state index contributed by atoms with van der Waals surface area (Å²) in [6.45, 7) is 1.52. The summed E-state index contributed by atoms with van der Waals surface area (Å²) in [5, 5.41) is 10.7. The first-order valence-electron chi connectivity index (χ1n) is 11.0. The summed E-state index contributed by atoms with van der Waals surface area (Å²) in [5.74, 6) is -1.63. The number of carbonyl (C=O) groups excluding carboxylic acids is 1. The van der Waals surface area contributed by atoms with Gasteiger partial charge in [0.1, 0.15) is 11.2 Å². The van der Waals surface area contributed by atoms with Gasteiger partial charge >= 0.3 is 12.4 Å². The van der Waals surface area contributed by atoms with Gasteiger partial charge in [0.2, 0.25) is 5.95 Å². The molecule has 5 rings (SSSR count). The van der Waals surface area contributed by atoms with Crippen molar-refractivity contribution in [2.75, 3.05) is 5.32 Å². The number of anilines is 1. The van der Waals surface area contributed by atoms with Crippen molar-refractivity contribution in [2.45, 2.75) is 19.3 Å². The molecule has 0 saturated carbocycles. The van der Waals surface area contributed by atoms with Gasteiger partial charge in [0, 0.05) is 11.6 Å². The van der Waals surface area contributed by atoms with E-state index in [9.17, 15) is 35.9 Å². The number of H-pyrrole nitrogens is 1. The van der Waals surface area contributed by atoms with E-state index in [0.29, 0.717) is 23.5 Å².